The number of halogens is 2. The number of esters is 1. The van der Waals surface area contributed by atoms with Gasteiger partial charge >= 0.3 is 5.97 Å². The Bertz CT molecular complexity index is 840. The van der Waals surface area contributed by atoms with E-state index in [1.165, 1.54) is 6.08 Å². The zero-order valence-corrected chi connectivity index (χ0v) is 16.7. The number of hydrogen-bond donors (Lipinski definition) is 1. The molecule has 0 fully saturated rings. The van der Waals surface area contributed by atoms with Crippen LogP contribution >= 0.6 is 23.2 Å². The highest BCUT2D eigenvalue weighted by atomic mass is 35.5. The van der Waals surface area contributed by atoms with Crippen LogP contribution in [-0.2, 0) is 27.2 Å². The van der Waals surface area contributed by atoms with Gasteiger partial charge in [0.2, 0.25) is 0 Å². The highest BCUT2D eigenvalue weighted by molar-refractivity contribution is 6.42. The number of amides is 1. The number of hydrogen-bond acceptors (Lipinski definition) is 3. The molecular formula is C21H21Cl2NO3. The predicted octanol–water partition coefficient (Wildman–Crippen LogP) is 5.31. The summed E-state index contributed by atoms with van der Waals surface area (Å²) in [6.45, 7) is 3.70. The molecule has 0 spiro atoms. The van der Waals surface area contributed by atoms with Crippen molar-refractivity contribution in [1.29, 1.82) is 0 Å². The minimum Gasteiger partial charge on any atom is -0.452 e. The summed E-state index contributed by atoms with van der Waals surface area (Å²) in [5.74, 6) is -0.988. The normalized spacial score (nSPS) is 10.8. The van der Waals surface area contributed by atoms with E-state index in [9.17, 15) is 9.59 Å². The van der Waals surface area contributed by atoms with Crippen LogP contribution in [0.5, 0.6) is 0 Å². The Kier molecular flexibility index (Phi) is 7.89. The largest absolute Gasteiger partial charge is 0.452 e. The predicted molar refractivity (Wildman–Crippen MR) is 110 cm³/mol. The van der Waals surface area contributed by atoms with Gasteiger partial charge < -0.3 is 10.1 Å². The van der Waals surface area contributed by atoms with Crippen LogP contribution in [0.3, 0.4) is 0 Å². The van der Waals surface area contributed by atoms with Crippen molar-refractivity contribution >= 4 is 46.8 Å². The Morgan fingerprint density at radius 2 is 1.70 bits per heavy atom. The Hall–Kier alpha value is -2.30. The summed E-state index contributed by atoms with van der Waals surface area (Å²) in [6.07, 6.45) is 4.39. The van der Waals surface area contributed by atoms with Crippen LogP contribution in [-0.4, -0.2) is 18.5 Å². The van der Waals surface area contributed by atoms with E-state index in [0.717, 1.165) is 29.7 Å². The molecule has 2 aromatic carbocycles. The SMILES string of the molecule is CCc1cccc(CC)c1NC(=O)COC(=O)C=Cc1ccc(Cl)c(Cl)c1. The van der Waals surface area contributed by atoms with Crippen LogP contribution in [0, 0.1) is 0 Å². The Labute approximate surface area is 169 Å². The number of anilines is 1. The van der Waals surface area contributed by atoms with Gasteiger partial charge in [0.25, 0.3) is 5.91 Å². The van der Waals surface area contributed by atoms with Crippen molar-refractivity contribution in [2.45, 2.75) is 26.7 Å². The minimum atomic E-state index is -0.615. The van der Waals surface area contributed by atoms with Gasteiger partial charge in [-0.2, -0.15) is 0 Å². The molecule has 0 aliphatic heterocycles. The van der Waals surface area contributed by atoms with E-state index in [2.05, 4.69) is 5.32 Å². The van der Waals surface area contributed by atoms with Crippen molar-refractivity contribution in [3.63, 3.8) is 0 Å². The summed E-state index contributed by atoms with van der Waals surface area (Å²) in [5, 5.41) is 3.68. The van der Waals surface area contributed by atoms with Gasteiger partial charge in [0.1, 0.15) is 0 Å². The van der Waals surface area contributed by atoms with Crippen molar-refractivity contribution in [3.05, 3.63) is 69.2 Å². The van der Waals surface area contributed by atoms with E-state index in [0.29, 0.717) is 15.6 Å². The maximum atomic E-state index is 12.2. The van der Waals surface area contributed by atoms with E-state index in [-0.39, 0.29) is 12.5 Å². The number of rotatable bonds is 7. The lowest BCUT2D eigenvalue weighted by molar-refractivity contribution is -0.142. The molecule has 0 aliphatic carbocycles. The molecule has 4 nitrogen and oxygen atoms in total. The molecular weight excluding hydrogens is 385 g/mol. The molecule has 0 saturated heterocycles. The van der Waals surface area contributed by atoms with Gasteiger partial charge in [-0.05, 0) is 47.7 Å². The van der Waals surface area contributed by atoms with Crippen molar-refractivity contribution in [1.82, 2.24) is 0 Å². The first-order chi connectivity index (χ1) is 12.9. The molecule has 27 heavy (non-hydrogen) atoms. The second-order valence-electron chi connectivity index (χ2n) is 5.82. The number of nitrogens with one attached hydrogen (secondary N) is 1. The average Bonchev–Trinajstić information content (AvgIpc) is 2.67. The summed E-state index contributed by atoms with van der Waals surface area (Å²) < 4.78 is 5.00. The third kappa shape index (κ3) is 6.12. The highest BCUT2D eigenvalue weighted by Gasteiger charge is 2.11. The van der Waals surface area contributed by atoms with Crippen molar-refractivity contribution in [2.75, 3.05) is 11.9 Å². The molecule has 142 valence electrons. The van der Waals surface area contributed by atoms with Crippen LogP contribution in [0.2, 0.25) is 10.0 Å². The molecule has 0 unspecified atom stereocenters. The number of para-hydroxylation sites is 1. The number of aryl methyl sites for hydroxylation is 2. The summed E-state index contributed by atoms with van der Waals surface area (Å²) >= 11 is 11.8. The summed E-state index contributed by atoms with van der Waals surface area (Å²) in [5.41, 5.74) is 3.60. The Morgan fingerprint density at radius 1 is 1.04 bits per heavy atom. The molecule has 0 radical (unpaired) electrons. The average molecular weight is 406 g/mol. The highest BCUT2D eigenvalue weighted by Crippen LogP contribution is 2.23. The molecule has 2 rings (SSSR count). The van der Waals surface area contributed by atoms with Gasteiger partial charge in [-0.15, -0.1) is 0 Å². The number of carbonyl (C=O) groups is 2. The first kappa shape index (κ1) is 21.0. The van der Waals surface area contributed by atoms with Crippen LogP contribution in [0.15, 0.2) is 42.5 Å². The maximum absolute atomic E-state index is 12.2. The Balaban J connectivity index is 1.93. The molecule has 0 aliphatic rings. The number of ether oxygens (including phenoxy) is 1. The lowest BCUT2D eigenvalue weighted by Crippen LogP contribution is -2.21. The first-order valence-corrected chi connectivity index (χ1v) is 9.40. The third-order valence-electron chi connectivity index (χ3n) is 3.96. The fraction of sp³-hybridized carbons (Fsp3) is 0.238. The van der Waals surface area contributed by atoms with Crippen molar-refractivity contribution in [2.24, 2.45) is 0 Å². The van der Waals surface area contributed by atoms with Crippen LogP contribution in [0.25, 0.3) is 6.08 Å². The molecule has 0 heterocycles. The van der Waals surface area contributed by atoms with Gasteiger partial charge in [0.15, 0.2) is 6.61 Å². The van der Waals surface area contributed by atoms with E-state index in [4.69, 9.17) is 27.9 Å². The van der Waals surface area contributed by atoms with Gasteiger partial charge in [-0.1, -0.05) is 61.3 Å². The van der Waals surface area contributed by atoms with Crippen LogP contribution in [0.4, 0.5) is 5.69 Å². The van der Waals surface area contributed by atoms with Crippen molar-refractivity contribution in [3.8, 4) is 0 Å². The molecule has 1 N–H and O–H groups in total. The lowest BCUT2D eigenvalue weighted by Gasteiger charge is -2.14. The topological polar surface area (TPSA) is 55.4 Å². The molecule has 0 aromatic heterocycles. The maximum Gasteiger partial charge on any atom is 0.331 e. The van der Waals surface area contributed by atoms with E-state index in [1.807, 2.05) is 32.0 Å². The van der Waals surface area contributed by atoms with Gasteiger partial charge in [-0.25, -0.2) is 4.79 Å². The smallest absolute Gasteiger partial charge is 0.331 e. The van der Waals surface area contributed by atoms with E-state index < -0.39 is 5.97 Å². The quantitative estimate of drug-likeness (QED) is 0.501. The summed E-state index contributed by atoms with van der Waals surface area (Å²) in [4.78, 5) is 24.0. The fourth-order valence-corrected chi connectivity index (χ4v) is 2.85. The molecule has 0 saturated carbocycles. The van der Waals surface area contributed by atoms with E-state index >= 15 is 0 Å². The zero-order valence-electron chi connectivity index (χ0n) is 15.2. The fourth-order valence-electron chi connectivity index (χ4n) is 2.54. The second kappa shape index (κ2) is 10.1. The lowest BCUT2D eigenvalue weighted by atomic mass is 10.0. The molecule has 1 amide bonds. The number of carbonyl (C=O) groups excluding carboxylic acids is 2. The third-order valence-corrected chi connectivity index (χ3v) is 4.70. The van der Waals surface area contributed by atoms with Gasteiger partial charge in [-0.3, -0.25) is 4.79 Å². The minimum absolute atomic E-state index is 0.355. The van der Waals surface area contributed by atoms with Gasteiger partial charge in [0.05, 0.1) is 10.0 Å². The molecule has 0 bridgehead atoms. The van der Waals surface area contributed by atoms with Gasteiger partial charge in [0, 0.05) is 11.8 Å². The summed E-state index contributed by atoms with van der Waals surface area (Å²) in [7, 11) is 0. The molecule has 0 atom stereocenters. The van der Waals surface area contributed by atoms with Crippen LogP contribution in [0.1, 0.15) is 30.5 Å². The zero-order chi connectivity index (χ0) is 19.8. The standard InChI is InChI=1S/C21H21Cl2NO3/c1-3-15-6-5-7-16(4-2)21(15)24-19(25)13-27-20(26)11-9-14-8-10-17(22)18(23)12-14/h5-12H,3-4,13H2,1-2H3,(H,24,25). The molecule has 6 heteroatoms. The first-order valence-electron chi connectivity index (χ1n) is 8.65. The van der Waals surface area contributed by atoms with Crippen molar-refractivity contribution < 1.29 is 14.3 Å². The molecule has 2 aromatic rings. The second-order valence-corrected chi connectivity index (χ2v) is 6.64. The monoisotopic (exact) mass is 405 g/mol. The van der Waals surface area contributed by atoms with Crippen LogP contribution < -0.4 is 5.32 Å². The van der Waals surface area contributed by atoms with E-state index in [1.54, 1.807) is 24.3 Å². The Morgan fingerprint density at radius 3 is 2.30 bits per heavy atom. The number of benzene rings is 2. The summed E-state index contributed by atoms with van der Waals surface area (Å²) in [6, 6.07) is 10.9.